The highest BCUT2D eigenvalue weighted by atomic mass is 35.5. The number of anilines is 1. The summed E-state index contributed by atoms with van der Waals surface area (Å²) in [6.07, 6.45) is 2.68. The van der Waals surface area contributed by atoms with Gasteiger partial charge in [-0.1, -0.05) is 6.07 Å². The number of hydrogen-bond acceptors (Lipinski definition) is 4. The SMILES string of the molecule is CNS(=O)(=O)c1ccc2c(c1)N(C(=O)C1CCCNC1)CC2.Cl. The smallest absolute Gasteiger partial charge is 0.240 e. The standard InChI is InChI=1S/C15H21N3O3S.ClH/c1-16-22(20,21)13-5-4-11-6-8-18(14(11)9-13)15(19)12-3-2-7-17-10-12;/h4-5,9,12,16-17H,2-3,6-8,10H2,1H3;1H. The van der Waals surface area contributed by atoms with Gasteiger partial charge in [0.05, 0.1) is 10.8 Å². The number of amides is 1. The first-order valence-electron chi connectivity index (χ1n) is 7.61. The van der Waals surface area contributed by atoms with E-state index in [1.54, 1.807) is 17.0 Å². The molecule has 0 saturated carbocycles. The Balaban J connectivity index is 0.00000192. The first kappa shape index (κ1) is 18.2. The third-order valence-electron chi connectivity index (χ3n) is 4.44. The average molecular weight is 360 g/mol. The number of carbonyl (C=O) groups is 1. The monoisotopic (exact) mass is 359 g/mol. The van der Waals surface area contributed by atoms with Crippen molar-refractivity contribution in [2.24, 2.45) is 5.92 Å². The molecule has 2 N–H and O–H groups in total. The van der Waals surface area contributed by atoms with E-state index in [1.165, 1.54) is 7.05 Å². The van der Waals surface area contributed by atoms with Crippen molar-refractivity contribution in [1.29, 1.82) is 0 Å². The van der Waals surface area contributed by atoms with Gasteiger partial charge in [-0.25, -0.2) is 13.1 Å². The van der Waals surface area contributed by atoms with Crippen LogP contribution in [-0.2, 0) is 21.2 Å². The summed E-state index contributed by atoms with van der Waals surface area (Å²) in [5.41, 5.74) is 1.78. The molecule has 2 heterocycles. The van der Waals surface area contributed by atoms with Crippen LogP contribution in [0.4, 0.5) is 5.69 Å². The van der Waals surface area contributed by atoms with Crippen molar-refractivity contribution < 1.29 is 13.2 Å². The molecule has 0 spiro atoms. The van der Waals surface area contributed by atoms with E-state index in [0.717, 1.165) is 37.1 Å². The Morgan fingerprint density at radius 2 is 2.17 bits per heavy atom. The summed E-state index contributed by atoms with van der Waals surface area (Å²) in [4.78, 5) is 14.7. The number of nitrogens with one attached hydrogen (secondary N) is 2. The van der Waals surface area contributed by atoms with Crippen molar-refractivity contribution in [3.8, 4) is 0 Å². The Labute approximate surface area is 143 Å². The van der Waals surface area contributed by atoms with Crippen molar-refractivity contribution in [3.05, 3.63) is 23.8 Å². The van der Waals surface area contributed by atoms with Gasteiger partial charge in [-0.15, -0.1) is 12.4 Å². The predicted octanol–water partition coefficient (Wildman–Crippen LogP) is 0.905. The first-order chi connectivity index (χ1) is 10.5. The molecule has 2 aliphatic rings. The minimum atomic E-state index is -3.49. The van der Waals surface area contributed by atoms with Crippen LogP contribution >= 0.6 is 12.4 Å². The van der Waals surface area contributed by atoms with E-state index < -0.39 is 10.0 Å². The quantitative estimate of drug-likeness (QED) is 0.840. The molecule has 0 aromatic heterocycles. The van der Waals surface area contributed by atoms with Crippen LogP contribution < -0.4 is 14.9 Å². The summed E-state index contributed by atoms with van der Waals surface area (Å²) in [5.74, 6) is 0.0919. The first-order valence-corrected chi connectivity index (χ1v) is 9.10. The molecule has 1 unspecified atom stereocenters. The fraction of sp³-hybridized carbons (Fsp3) is 0.533. The van der Waals surface area contributed by atoms with E-state index in [9.17, 15) is 13.2 Å². The molecule has 1 amide bonds. The molecule has 0 radical (unpaired) electrons. The zero-order valence-electron chi connectivity index (χ0n) is 13.0. The van der Waals surface area contributed by atoms with Gasteiger partial charge < -0.3 is 10.2 Å². The minimum Gasteiger partial charge on any atom is -0.316 e. The number of piperidine rings is 1. The van der Waals surface area contributed by atoms with Gasteiger partial charge in [0.15, 0.2) is 0 Å². The zero-order chi connectivity index (χ0) is 15.7. The van der Waals surface area contributed by atoms with Crippen LogP contribution in [0, 0.1) is 5.92 Å². The summed E-state index contributed by atoms with van der Waals surface area (Å²) in [7, 11) is -2.11. The predicted molar refractivity (Wildman–Crippen MR) is 91.6 cm³/mol. The highest BCUT2D eigenvalue weighted by Gasteiger charge is 2.31. The molecule has 0 aliphatic carbocycles. The van der Waals surface area contributed by atoms with Gasteiger partial charge in [-0.05, 0) is 50.6 Å². The van der Waals surface area contributed by atoms with E-state index >= 15 is 0 Å². The van der Waals surface area contributed by atoms with Gasteiger partial charge >= 0.3 is 0 Å². The van der Waals surface area contributed by atoms with Crippen molar-refractivity contribution in [2.45, 2.75) is 24.2 Å². The molecule has 128 valence electrons. The Kier molecular flexibility index (Phi) is 5.67. The lowest BCUT2D eigenvalue weighted by Gasteiger charge is -2.27. The number of sulfonamides is 1. The van der Waals surface area contributed by atoms with Crippen LogP contribution in [0.2, 0.25) is 0 Å². The van der Waals surface area contributed by atoms with Crippen LogP contribution in [0.3, 0.4) is 0 Å². The number of rotatable bonds is 3. The summed E-state index contributed by atoms with van der Waals surface area (Å²) in [5, 5.41) is 3.25. The summed E-state index contributed by atoms with van der Waals surface area (Å²) in [6.45, 7) is 2.30. The summed E-state index contributed by atoms with van der Waals surface area (Å²) >= 11 is 0. The van der Waals surface area contributed by atoms with Crippen molar-refractivity contribution in [3.63, 3.8) is 0 Å². The Morgan fingerprint density at radius 1 is 1.39 bits per heavy atom. The molecule has 6 nitrogen and oxygen atoms in total. The van der Waals surface area contributed by atoms with E-state index in [-0.39, 0.29) is 29.1 Å². The Morgan fingerprint density at radius 3 is 2.83 bits per heavy atom. The maximum Gasteiger partial charge on any atom is 0.240 e. The van der Waals surface area contributed by atoms with Crippen LogP contribution in [0.25, 0.3) is 0 Å². The molecule has 0 bridgehead atoms. The normalized spacial score (nSPS) is 20.7. The van der Waals surface area contributed by atoms with Gasteiger partial charge in [-0.2, -0.15) is 0 Å². The third-order valence-corrected chi connectivity index (χ3v) is 5.86. The second-order valence-electron chi connectivity index (χ2n) is 5.78. The summed E-state index contributed by atoms with van der Waals surface area (Å²) in [6, 6.07) is 5.02. The second kappa shape index (κ2) is 7.17. The maximum atomic E-state index is 12.7. The molecule has 1 aromatic rings. The van der Waals surface area contributed by atoms with Crippen LogP contribution in [0.15, 0.2) is 23.1 Å². The topological polar surface area (TPSA) is 78.5 Å². The fourth-order valence-electron chi connectivity index (χ4n) is 3.16. The zero-order valence-corrected chi connectivity index (χ0v) is 14.7. The lowest BCUT2D eigenvalue weighted by molar-refractivity contribution is -0.122. The molecule has 1 saturated heterocycles. The number of fused-ring (bicyclic) bond motifs is 1. The molecule has 1 fully saturated rings. The molecule has 3 rings (SSSR count). The van der Waals surface area contributed by atoms with Gasteiger partial charge in [0.1, 0.15) is 0 Å². The highest BCUT2D eigenvalue weighted by Crippen LogP contribution is 2.32. The molecule has 1 atom stereocenters. The van der Waals surface area contributed by atoms with Gasteiger partial charge in [0, 0.05) is 18.8 Å². The van der Waals surface area contributed by atoms with Crippen molar-refractivity contribution in [1.82, 2.24) is 10.0 Å². The maximum absolute atomic E-state index is 12.7. The number of benzene rings is 1. The second-order valence-corrected chi connectivity index (χ2v) is 7.67. The lowest BCUT2D eigenvalue weighted by atomic mass is 9.98. The Bertz CT molecular complexity index is 687. The Hall–Kier alpha value is -1.15. The average Bonchev–Trinajstić information content (AvgIpc) is 2.98. The highest BCUT2D eigenvalue weighted by molar-refractivity contribution is 7.89. The van der Waals surface area contributed by atoms with E-state index in [1.807, 2.05) is 6.07 Å². The van der Waals surface area contributed by atoms with Crippen LogP contribution in [-0.4, -0.2) is 41.0 Å². The molecule has 8 heteroatoms. The molecule has 2 aliphatic heterocycles. The summed E-state index contributed by atoms with van der Waals surface area (Å²) < 4.78 is 26.2. The largest absolute Gasteiger partial charge is 0.316 e. The molecular formula is C15H22ClN3O3S. The van der Waals surface area contributed by atoms with E-state index in [2.05, 4.69) is 10.0 Å². The number of carbonyl (C=O) groups excluding carboxylic acids is 1. The molecule has 1 aromatic carbocycles. The van der Waals surface area contributed by atoms with E-state index in [0.29, 0.717) is 13.1 Å². The van der Waals surface area contributed by atoms with Gasteiger partial charge in [0.2, 0.25) is 15.9 Å². The van der Waals surface area contributed by atoms with Crippen LogP contribution in [0.1, 0.15) is 18.4 Å². The number of hydrogen-bond donors (Lipinski definition) is 2. The molecular weight excluding hydrogens is 338 g/mol. The molecule has 23 heavy (non-hydrogen) atoms. The number of halogens is 1. The minimum absolute atomic E-state index is 0. The van der Waals surface area contributed by atoms with Crippen molar-refractivity contribution in [2.75, 3.05) is 31.6 Å². The fourth-order valence-corrected chi connectivity index (χ4v) is 3.91. The van der Waals surface area contributed by atoms with Crippen molar-refractivity contribution >= 4 is 34.0 Å². The van der Waals surface area contributed by atoms with Crippen LogP contribution in [0.5, 0.6) is 0 Å². The third kappa shape index (κ3) is 3.52. The van der Waals surface area contributed by atoms with Gasteiger partial charge in [0.25, 0.3) is 0 Å². The number of nitrogens with zero attached hydrogens (tertiary/aromatic N) is 1. The van der Waals surface area contributed by atoms with E-state index in [4.69, 9.17) is 0 Å². The van der Waals surface area contributed by atoms with Gasteiger partial charge in [-0.3, -0.25) is 4.79 Å². The lowest BCUT2D eigenvalue weighted by Crippen LogP contribution is -2.42.